The molecule has 0 aliphatic rings. The van der Waals surface area contributed by atoms with Gasteiger partial charge in [-0.1, -0.05) is 275 Å². The summed E-state index contributed by atoms with van der Waals surface area (Å²) in [6.45, 7) is 4.87. The topological polar surface area (TPSA) is 95.9 Å². The van der Waals surface area contributed by atoms with Crippen LogP contribution in [0.1, 0.15) is 316 Å². The van der Waals surface area contributed by atoms with Crippen molar-refractivity contribution in [3.8, 4) is 0 Å². The summed E-state index contributed by atoms with van der Waals surface area (Å²) in [4.78, 5) is 24.5. The van der Waals surface area contributed by atoms with Gasteiger partial charge in [-0.2, -0.15) is 0 Å². The van der Waals surface area contributed by atoms with Gasteiger partial charge in [-0.25, -0.2) is 0 Å². The first kappa shape index (κ1) is 65.1. The zero-order valence-corrected chi connectivity index (χ0v) is 44.9. The average Bonchev–Trinajstić information content (AvgIpc) is 3.33. The molecule has 0 aromatic heterocycles. The minimum absolute atomic E-state index is 0.00161. The lowest BCUT2D eigenvalue weighted by Gasteiger charge is -2.20. The van der Waals surface area contributed by atoms with Crippen LogP contribution in [0, 0.1) is 0 Å². The van der Waals surface area contributed by atoms with Crippen molar-refractivity contribution in [2.75, 3.05) is 13.2 Å². The number of ether oxygens (including phenoxy) is 1. The van der Waals surface area contributed by atoms with Gasteiger partial charge in [-0.15, -0.1) is 0 Å². The molecule has 6 nitrogen and oxygen atoms in total. The summed E-state index contributed by atoms with van der Waals surface area (Å²) < 4.78 is 5.49. The van der Waals surface area contributed by atoms with E-state index in [2.05, 4.69) is 43.5 Å². The van der Waals surface area contributed by atoms with Crippen LogP contribution in [0.5, 0.6) is 0 Å². The Bertz CT molecular complexity index is 1090. The van der Waals surface area contributed by atoms with Gasteiger partial charge in [0.15, 0.2) is 0 Å². The third kappa shape index (κ3) is 53.3. The van der Waals surface area contributed by atoms with Crippen LogP contribution in [-0.2, 0) is 14.3 Å². The van der Waals surface area contributed by atoms with E-state index >= 15 is 0 Å². The molecule has 0 fully saturated rings. The van der Waals surface area contributed by atoms with Gasteiger partial charge in [-0.05, 0) is 64.2 Å². The van der Waals surface area contributed by atoms with Gasteiger partial charge in [-0.3, -0.25) is 9.59 Å². The van der Waals surface area contributed by atoms with Crippen LogP contribution in [0.4, 0.5) is 0 Å². The smallest absolute Gasteiger partial charge is 0.305 e. The highest BCUT2D eigenvalue weighted by Crippen LogP contribution is 2.17. The van der Waals surface area contributed by atoms with E-state index in [1.807, 2.05) is 6.08 Å². The number of aliphatic hydroxyl groups is 2. The number of carbonyl (C=O) groups excluding carboxylic acids is 2. The number of rotatable bonds is 55. The largest absolute Gasteiger partial charge is 0.466 e. The molecular weight excluding hydrogens is 827 g/mol. The Kier molecular flexibility index (Phi) is 55.0. The van der Waals surface area contributed by atoms with E-state index in [0.29, 0.717) is 19.4 Å². The Morgan fingerprint density at radius 3 is 1.16 bits per heavy atom. The molecule has 0 bridgehead atoms. The van der Waals surface area contributed by atoms with E-state index in [1.54, 1.807) is 6.08 Å². The zero-order chi connectivity index (χ0) is 48.6. The molecule has 3 N–H and O–H groups in total. The van der Waals surface area contributed by atoms with Crippen molar-refractivity contribution in [3.05, 3.63) is 36.5 Å². The predicted octanol–water partition coefficient (Wildman–Crippen LogP) is 18.4. The Morgan fingerprint density at radius 1 is 0.418 bits per heavy atom. The van der Waals surface area contributed by atoms with Gasteiger partial charge in [0.2, 0.25) is 5.91 Å². The molecule has 2 unspecified atom stereocenters. The maximum atomic E-state index is 12.5. The van der Waals surface area contributed by atoms with Gasteiger partial charge in [0.05, 0.1) is 25.4 Å². The average molecular weight is 943 g/mol. The van der Waals surface area contributed by atoms with E-state index < -0.39 is 12.1 Å². The first-order valence-corrected chi connectivity index (χ1v) is 29.8. The molecule has 0 aliphatic heterocycles. The Hall–Kier alpha value is -1.92. The summed E-state index contributed by atoms with van der Waals surface area (Å²) in [7, 11) is 0. The normalized spacial score (nSPS) is 12.8. The predicted molar refractivity (Wildman–Crippen MR) is 292 cm³/mol. The number of aliphatic hydroxyl groups excluding tert-OH is 2. The van der Waals surface area contributed by atoms with Crippen molar-refractivity contribution in [2.45, 2.75) is 328 Å². The molecular formula is C61H115NO5. The lowest BCUT2D eigenvalue weighted by atomic mass is 10.0. The van der Waals surface area contributed by atoms with Crippen LogP contribution in [0.2, 0.25) is 0 Å². The van der Waals surface area contributed by atoms with Crippen LogP contribution in [0.3, 0.4) is 0 Å². The fourth-order valence-corrected chi connectivity index (χ4v) is 9.08. The Morgan fingerprint density at radius 2 is 0.746 bits per heavy atom. The molecule has 0 saturated heterocycles. The van der Waals surface area contributed by atoms with Crippen LogP contribution in [0.15, 0.2) is 36.5 Å². The first-order valence-electron chi connectivity index (χ1n) is 29.8. The number of nitrogens with one attached hydrogen (secondary N) is 1. The Labute approximate surface area is 417 Å². The van der Waals surface area contributed by atoms with Crippen molar-refractivity contribution in [2.24, 2.45) is 0 Å². The van der Waals surface area contributed by atoms with Gasteiger partial charge in [0, 0.05) is 12.8 Å². The summed E-state index contributed by atoms with van der Waals surface area (Å²) in [5, 5.41) is 23.1. The molecule has 2 atom stereocenters. The van der Waals surface area contributed by atoms with Crippen molar-refractivity contribution in [1.29, 1.82) is 0 Å². The summed E-state index contributed by atoms with van der Waals surface area (Å²) in [5.74, 6) is -0.0756. The molecule has 0 aromatic carbocycles. The second-order valence-corrected chi connectivity index (χ2v) is 20.3. The quantitative estimate of drug-likeness (QED) is 0.0321. The summed E-state index contributed by atoms with van der Waals surface area (Å²) >= 11 is 0. The standard InChI is InChI=1S/C61H115NO5/c1-3-5-7-9-11-13-15-17-19-20-21-22-27-31-35-39-43-47-51-55-61(66)67-56-52-48-44-40-36-32-28-24-23-26-30-34-38-42-46-50-54-60(65)62-58(57-63)59(64)53-49-45-41-37-33-29-25-18-16-14-12-10-8-6-4-2/h11,13,17,19,49,53,58-59,63-64H,3-10,12,14-16,18,20-48,50-52,54-57H2,1-2H3,(H,62,65)/b13-11-,19-17-,53-49+. The van der Waals surface area contributed by atoms with Crippen LogP contribution in [-0.4, -0.2) is 47.4 Å². The van der Waals surface area contributed by atoms with Gasteiger partial charge >= 0.3 is 5.97 Å². The summed E-state index contributed by atoms with van der Waals surface area (Å²) in [6.07, 6.45) is 70.2. The Balaban J connectivity index is 3.43. The van der Waals surface area contributed by atoms with Crippen molar-refractivity contribution in [3.63, 3.8) is 0 Å². The number of esters is 1. The SMILES string of the molecule is CCCCC/C=C\C/C=C\CCCCCCCCCCCC(=O)OCCCCCCCCCCCCCCCCCCC(=O)NC(CO)C(O)/C=C/CCCCCCCCCCCCCCC. The second-order valence-electron chi connectivity index (χ2n) is 20.3. The van der Waals surface area contributed by atoms with Crippen molar-refractivity contribution >= 4 is 11.9 Å². The molecule has 0 rings (SSSR count). The second kappa shape index (κ2) is 56.7. The van der Waals surface area contributed by atoms with E-state index in [9.17, 15) is 19.8 Å². The molecule has 67 heavy (non-hydrogen) atoms. The molecule has 0 aliphatic carbocycles. The van der Waals surface area contributed by atoms with E-state index in [-0.39, 0.29) is 18.5 Å². The molecule has 6 heteroatoms. The molecule has 1 amide bonds. The zero-order valence-electron chi connectivity index (χ0n) is 44.9. The maximum Gasteiger partial charge on any atom is 0.305 e. The maximum absolute atomic E-state index is 12.5. The number of hydrogen-bond acceptors (Lipinski definition) is 5. The molecule has 0 saturated carbocycles. The number of carbonyl (C=O) groups is 2. The molecule has 0 aromatic rings. The highest BCUT2D eigenvalue weighted by atomic mass is 16.5. The van der Waals surface area contributed by atoms with E-state index in [4.69, 9.17) is 4.74 Å². The summed E-state index contributed by atoms with van der Waals surface area (Å²) in [6, 6.07) is -0.633. The minimum Gasteiger partial charge on any atom is -0.466 e. The third-order valence-electron chi connectivity index (χ3n) is 13.7. The molecule has 0 spiro atoms. The van der Waals surface area contributed by atoms with Gasteiger partial charge < -0.3 is 20.3 Å². The van der Waals surface area contributed by atoms with E-state index in [1.165, 1.54) is 238 Å². The van der Waals surface area contributed by atoms with Gasteiger partial charge in [0.25, 0.3) is 0 Å². The van der Waals surface area contributed by atoms with Crippen LogP contribution < -0.4 is 5.32 Å². The van der Waals surface area contributed by atoms with Crippen molar-refractivity contribution in [1.82, 2.24) is 5.32 Å². The van der Waals surface area contributed by atoms with Crippen LogP contribution >= 0.6 is 0 Å². The number of allylic oxidation sites excluding steroid dienone is 5. The number of hydrogen-bond donors (Lipinski definition) is 3. The van der Waals surface area contributed by atoms with E-state index in [0.717, 1.165) is 51.4 Å². The lowest BCUT2D eigenvalue weighted by Crippen LogP contribution is -2.45. The lowest BCUT2D eigenvalue weighted by molar-refractivity contribution is -0.143. The monoisotopic (exact) mass is 942 g/mol. The van der Waals surface area contributed by atoms with Crippen LogP contribution in [0.25, 0.3) is 0 Å². The summed E-state index contributed by atoms with van der Waals surface area (Å²) in [5.41, 5.74) is 0. The first-order chi connectivity index (χ1) is 33.0. The highest BCUT2D eigenvalue weighted by Gasteiger charge is 2.18. The fraction of sp³-hybridized carbons (Fsp3) is 0.869. The number of unbranched alkanes of at least 4 members (excludes halogenated alkanes) is 40. The molecule has 0 heterocycles. The van der Waals surface area contributed by atoms with Gasteiger partial charge in [0.1, 0.15) is 0 Å². The molecule has 0 radical (unpaired) electrons. The molecule has 394 valence electrons. The highest BCUT2D eigenvalue weighted by molar-refractivity contribution is 5.76. The number of amides is 1. The third-order valence-corrected chi connectivity index (χ3v) is 13.7. The minimum atomic E-state index is -0.849. The fourth-order valence-electron chi connectivity index (χ4n) is 9.08. The van der Waals surface area contributed by atoms with Crippen molar-refractivity contribution < 1.29 is 24.5 Å².